The van der Waals surface area contributed by atoms with E-state index in [1.54, 1.807) is 0 Å². The molecular formula is C25H50O3. The first-order valence-electron chi connectivity index (χ1n) is 12.3. The Kier molecular flexibility index (Phi) is 24.3. The lowest BCUT2D eigenvalue weighted by Gasteiger charge is -2.18. The molecule has 1 N–H and O–H groups in total. The summed E-state index contributed by atoms with van der Waals surface area (Å²) in [5.74, 6) is 0. The van der Waals surface area contributed by atoms with Gasteiger partial charge in [-0.2, -0.15) is 0 Å². The van der Waals surface area contributed by atoms with E-state index in [0.29, 0.717) is 0 Å². The van der Waals surface area contributed by atoms with Crippen molar-refractivity contribution < 1.29 is 14.6 Å². The van der Waals surface area contributed by atoms with Gasteiger partial charge in [0, 0.05) is 19.8 Å². The van der Waals surface area contributed by atoms with Gasteiger partial charge in [-0.1, -0.05) is 90.2 Å². The molecule has 0 radical (unpaired) electrons. The van der Waals surface area contributed by atoms with Crippen LogP contribution in [-0.4, -0.2) is 31.2 Å². The monoisotopic (exact) mass is 398 g/mol. The first-order chi connectivity index (χ1) is 13.8. The molecule has 0 saturated heterocycles. The predicted octanol–water partition coefficient (Wildman–Crippen LogP) is 7.57. The Balaban J connectivity index is 3.41. The van der Waals surface area contributed by atoms with Gasteiger partial charge < -0.3 is 14.6 Å². The van der Waals surface area contributed by atoms with Gasteiger partial charge in [-0.05, 0) is 44.9 Å². The smallest absolute Gasteiger partial charge is 0.157 e. The van der Waals surface area contributed by atoms with Crippen LogP contribution in [0.4, 0.5) is 0 Å². The molecule has 168 valence electrons. The van der Waals surface area contributed by atoms with Crippen LogP contribution in [-0.2, 0) is 9.47 Å². The van der Waals surface area contributed by atoms with Crippen molar-refractivity contribution in [3.8, 4) is 0 Å². The largest absolute Gasteiger partial charge is 0.396 e. The van der Waals surface area contributed by atoms with Crippen LogP contribution in [0.5, 0.6) is 0 Å². The second-order valence-corrected chi connectivity index (χ2v) is 7.97. The molecule has 0 fully saturated rings. The third-order valence-corrected chi connectivity index (χ3v) is 5.13. The van der Waals surface area contributed by atoms with Crippen molar-refractivity contribution in [3.63, 3.8) is 0 Å². The zero-order chi connectivity index (χ0) is 20.5. The maximum atomic E-state index is 8.70. The molecule has 0 aliphatic carbocycles. The third kappa shape index (κ3) is 21.9. The van der Waals surface area contributed by atoms with Gasteiger partial charge in [0.1, 0.15) is 0 Å². The van der Waals surface area contributed by atoms with E-state index in [4.69, 9.17) is 14.6 Å². The van der Waals surface area contributed by atoms with E-state index < -0.39 is 0 Å². The maximum Gasteiger partial charge on any atom is 0.157 e. The van der Waals surface area contributed by atoms with Crippen molar-refractivity contribution >= 4 is 0 Å². The standard InChI is InChI=1S/C25H50O3/c1-3-5-23-27-25(28-24-6-4-2)21-19-17-15-13-11-9-7-8-10-12-14-16-18-20-22-26/h16,18,25-26H,3-15,17,19-24H2,1-2H3/b18-16+. The summed E-state index contributed by atoms with van der Waals surface area (Å²) in [6.45, 7) is 6.36. The average molecular weight is 399 g/mol. The molecule has 0 saturated carbocycles. The molecule has 0 aromatic heterocycles. The fourth-order valence-corrected chi connectivity index (χ4v) is 3.23. The Morgan fingerprint density at radius 2 is 1.07 bits per heavy atom. The van der Waals surface area contributed by atoms with Crippen molar-refractivity contribution in [3.05, 3.63) is 12.2 Å². The molecule has 0 aromatic carbocycles. The van der Waals surface area contributed by atoms with E-state index in [9.17, 15) is 0 Å². The highest BCUT2D eigenvalue weighted by Gasteiger charge is 2.08. The zero-order valence-electron chi connectivity index (χ0n) is 19.1. The molecule has 0 aliphatic rings. The first kappa shape index (κ1) is 27.6. The first-order valence-corrected chi connectivity index (χ1v) is 12.3. The molecule has 0 unspecified atom stereocenters. The van der Waals surface area contributed by atoms with Crippen LogP contribution in [0, 0.1) is 0 Å². The van der Waals surface area contributed by atoms with Gasteiger partial charge in [-0.25, -0.2) is 0 Å². The highest BCUT2D eigenvalue weighted by Crippen LogP contribution is 2.14. The van der Waals surface area contributed by atoms with Gasteiger partial charge in [0.05, 0.1) is 0 Å². The summed E-state index contributed by atoms with van der Waals surface area (Å²) < 4.78 is 11.8. The van der Waals surface area contributed by atoms with E-state index in [2.05, 4.69) is 26.0 Å². The normalized spacial score (nSPS) is 11.9. The van der Waals surface area contributed by atoms with Crippen LogP contribution in [0.3, 0.4) is 0 Å². The molecule has 28 heavy (non-hydrogen) atoms. The summed E-state index contributed by atoms with van der Waals surface area (Å²) in [6.07, 6.45) is 25.5. The molecule has 0 bridgehead atoms. The zero-order valence-corrected chi connectivity index (χ0v) is 19.1. The van der Waals surface area contributed by atoms with E-state index in [1.807, 2.05) is 0 Å². The van der Waals surface area contributed by atoms with E-state index in [1.165, 1.54) is 83.5 Å². The molecule has 0 amide bonds. The van der Waals surface area contributed by atoms with Crippen molar-refractivity contribution in [1.82, 2.24) is 0 Å². The van der Waals surface area contributed by atoms with Crippen molar-refractivity contribution in [1.29, 1.82) is 0 Å². The van der Waals surface area contributed by atoms with Gasteiger partial charge in [-0.15, -0.1) is 0 Å². The van der Waals surface area contributed by atoms with Gasteiger partial charge >= 0.3 is 0 Å². The molecule has 3 heteroatoms. The lowest BCUT2D eigenvalue weighted by atomic mass is 10.0. The van der Waals surface area contributed by atoms with Crippen LogP contribution in [0.1, 0.15) is 123 Å². The number of unbranched alkanes of at least 4 members (excludes halogenated alkanes) is 12. The second kappa shape index (κ2) is 24.7. The lowest BCUT2D eigenvalue weighted by Crippen LogP contribution is -2.18. The molecule has 3 nitrogen and oxygen atoms in total. The number of aliphatic hydroxyl groups excluding tert-OH is 1. The minimum atomic E-state index is 0.0246. The number of hydrogen-bond acceptors (Lipinski definition) is 3. The van der Waals surface area contributed by atoms with Gasteiger partial charge in [-0.3, -0.25) is 0 Å². The van der Waals surface area contributed by atoms with Crippen molar-refractivity contribution in [2.45, 2.75) is 129 Å². The maximum absolute atomic E-state index is 8.70. The van der Waals surface area contributed by atoms with Crippen LogP contribution in [0.2, 0.25) is 0 Å². The molecule has 0 aliphatic heterocycles. The average Bonchev–Trinajstić information content (AvgIpc) is 2.70. The Labute approximate surface area is 176 Å². The summed E-state index contributed by atoms with van der Waals surface area (Å²) in [4.78, 5) is 0. The fraction of sp³-hybridized carbons (Fsp3) is 0.920. The summed E-state index contributed by atoms with van der Waals surface area (Å²) in [6, 6.07) is 0. The number of hydrogen-bond donors (Lipinski definition) is 1. The molecule has 0 atom stereocenters. The second-order valence-electron chi connectivity index (χ2n) is 7.97. The van der Waals surface area contributed by atoms with Crippen molar-refractivity contribution in [2.24, 2.45) is 0 Å². The topological polar surface area (TPSA) is 38.7 Å². The number of rotatable bonds is 23. The number of ether oxygens (including phenoxy) is 2. The number of aliphatic hydroxyl groups is 1. The van der Waals surface area contributed by atoms with Gasteiger partial charge in [0.15, 0.2) is 6.29 Å². The van der Waals surface area contributed by atoms with Crippen molar-refractivity contribution in [2.75, 3.05) is 19.8 Å². The summed E-state index contributed by atoms with van der Waals surface area (Å²) in [5, 5.41) is 8.70. The summed E-state index contributed by atoms with van der Waals surface area (Å²) in [7, 11) is 0. The van der Waals surface area contributed by atoms with Crippen LogP contribution >= 0.6 is 0 Å². The summed E-state index contributed by atoms with van der Waals surface area (Å²) in [5.41, 5.74) is 0. The van der Waals surface area contributed by atoms with E-state index >= 15 is 0 Å². The van der Waals surface area contributed by atoms with E-state index in [-0.39, 0.29) is 12.9 Å². The van der Waals surface area contributed by atoms with Gasteiger partial charge in [0.25, 0.3) is 0 Å². The third-order valence-electron chi connectivity index (χ3n) is 5.13. The fourth-order valence-electron chi connectivity index (χ4n) is 3.23. The minimum absolute atomic E-state index is 0.0246. The molecule has 0 rings (SSSR count). The molecule has 0 spiro atoms. The number of allylic oxidation sites excluding steroid dienone is 1. The van der Waals surface area contributed by atoms with Crippen LogP contribution in [0.25, 0.3) is 0 Å². The molecule has 0 aromatic rings. The highest BCUT2D eigenvalue weighted by atomic mass is 16.7. The Hall–Kier alpha value is -0.380. The highest BCUT2D eigenvalue weighted by molar-refractivity contribution is 4.80. The van der Waals surface area contributed by atoms with Gasteiger partial charge in [0.2, 0.25) is 0 Å². The molecule has 0 heterocycles. The quantitative estimate of drug-likeness (QED) is 0.110. The molecular weight excluding hydrogens is 348 g/mol. The Morgan fingerprint density at radius 1 is 0.607 bits per heavy atom. The SMILES string of the molecule is CCCCOC(CCCCCCCCCCCC/C=C/CCO)OCCCC. The predicted molar refractivity (Wildman–Crippen MR) is 122 cm³/mol. The van der Waals surface area contributed by atoms with Crippen LogP contribution < -0.4 is 0 Å². The Morgan fingerprint density at radius 3 is 1.57 bits per heavy atom. The lowest BCUT2D eigenvalue weighted by molar-refractivity contribution is -0.147. The Bertz CT molecular complexity index is 294. The minimum Gasteiger partial charge on any atom is -0.396 e. The van der Waals surface area contributed by atoms with E-state index in [0.717, 1.165) is 38.9 Å². The van der Waals surface area contributed by atoms with Crippen LogP contribution in [0.15, 0.2) is 12.2 Å². The summed E-state index contributed by atoms with van der Waals surface area (Å²) >= 11 is 0.